The smallest absolute Gasteiger partial charge is 0.254 e. The molecule has 2 saturated heterocycles. The van der Waals surface area contributed by atoms with E-state index in [9.17, 15) is 18.0 Å². The van der Waals surface area contributed by atoms with Crippen LogP contribution in [0.25, 0.3) is 0 Å². The van der Waals surface area contributed by atoms with Gasteiger partial charge in [0.2, 0.25) is 15.9 Å². The molecular weight excluding hydrogens is 418 g/mol. The number of carbonyl (C=O) groups excluding carboxylic acids is 2. The van der Waals surface area contributed by atoms with E-state index in [2.05, 4.69) is 4.90 Å². The minimum atomic E-state index is -3.74. The molecule has 0 unspecified atom stereocenters. The first-order valence-electron chi connectivity index (χ1n) is 10.6. The number of sulfonamides is 1. The Morgan fingerprint density at radius 1 is 1.16 bits per heavy atom. The molecule has 3 aliphatic heterocycles. The molecule has 0 saturated carbocycles. The Balaban J connectivity index is 1.53. The fourth-order valence-corrected chi connectivity index (χ4v) is 5.73. The molecule has 1 aromatic rings. The number of morpholine rings is 1. The number of carbonyl (C=O) groups is 2. The zero-order valence-electron chi connectivity index (χ0n) is 18.2. The van der Waals surface area contributed by atoms with Gasteiger partial charge in [0.05, 0.1) is 37.1 Å². The zero-order valence-corrected chi connectivity index (χ0v) is 19.0. The third kappa shape index (κ3) is 4.14. The first kappa shape index (κ1) is 22.0. The summed E-state index contributed by atoms with van der Waals surface area (Å²) in [4.78, 5) is 30.1. The van der Waals surface area contributed by atoms with E-state index in [1.807, 2.05) is 38.1 Å². The summed E-state index contributed by atoms with van der Waals surface area (Å²) >= 11 is 0. The molecule has 3 heterocycles. The van der Waals surface area contributed by atoms with Crippen LogP contribution in [0.15, 0.2) is 36.0 Å². The van der Waals surface area contributed by atoms with E-state index in [1.54, 1.807) is 11.0 Å². The van der Waals surface area contributed by atoms with Crippen LogP contribution in [-0.2, 0) is 26.1 Å². The van der Waals surface area contributed by atoms with Gasteiger partial charge in [-0.2, -0.15) is 0 Å². The highest BCUT2D eigenvalue weighted by molar-refractivity contribution is 7.89. The predicted molar refractivity (Wildman–Crippen MR) is 115 cm³/mol. The van der Waals surface area contributed by atoms with Crippen LogP contribution in [0.5, 0.6) is 0 Å². The third-order valence-electron chi connectivity index (χ3n) is 6.22. The van der Waals surface area contributed by atoms with Gasteiger partial charge in [0.1, 0.15) is 0 Å². The maximum atomic E-state index is 13.3. The predicted octanol–water partition coefficient (Wildman–Crippen LogP) is 1.30. The minimum Gasteiger partial charge on any atom is -0.379 e. The molecule has 0 bridgehead atoms. The monoisotopic (exact) mass is 447 g/mol. The van der Waals surface area contributed by atoms with Crippen LogP contribution in [0.4, 0.5) is 0 Å². The molecule has 0 spiro atoms. The number of hydrogen-bond donors (Lipinski definition) is 0. The standard InChI is InChI=1S/C22H29N3O5S/c1-15(2)19-20-18(25(22(19)27)31(3,28)29)8-9-24(20)21(26)17-6-4-16(5-7-17)14-23-10-12-30-13-11-23/h4-8,15,19-20H,9-14H2,1-3H3/t19-,20+/m1/s1. The average Bonchev–Trinajstić information content (AvgIpc) is 3.24. The second-order valence-electron chi connectivity index (χ2n) is 8.75. The Bertz CT molecular complexity index is 996. The molecule has 1 aromatic carbocycles. The highest BCUT2D eigenvalue weighted by atomic mass is 32.2. The van der Waals surface area contributed by atoms with Crippen molar-refractivity contribution in [3.8, 4) is 0 Å². The van der Waals surface area contributed by atoms with Crippen molar-refractivity contribution >= 4 is 21.8 Å². The first-order valence-corrected chi connectivity index (χ1v) is 12.5. The normalized spacial score (nSPS) is 24.6. The van der Waals surface area contributed by atoms with Crippen LogP contribution >= 0.6 is 0 Å². The molecule has 0 aliphatic carbocycles. The lowest BCUT2D eigenvalue weighted by atomic mass is 9.89. The Hall–Kier alpha value is -2.23. The molecule has 2 amide bonds. The van der Waals surface area contributed by atoms with Crippen molar-refractivity contribution < 1.29 is 22.7 Å². The lowest BCUT2D eigenvalue weighted by molar-refractivity contribution is -0.128. The number of hydrogen-bond acceptors (Lipinski definition) is 6. The van der Waals surface area contributed by atoms with Crippen LogP contribution < -0.4 is 0 Å². The van der Waals surface area contributed by atoms with Crippen LogP contribution in [0, 0.1) is 11.8 Å². The van der Waals surface area contributed by atoms with Gasteiger partial charge in [-0.05, 0) is 29.7 Å². The fraction of sp³-hybridized carbons (Fsp3) is 0.545. The second-order valence-corrected chi connectivity index (χ2v) is 10.6. The molecule has 3 aliphatic rings. The van der Waals surface area contributed by atoms with Crippen molar-refractivity contribution in [2.75, 3.05) is 39.1 Å². The van der Waals surface area contributed by atoms with Crippen molar-refractivity contribution in [2.24, 2.45) is 11.8 Å². The Morgan fingerprint density at radius 2 is 1.81 bits per heavy atom. The summed E-state index contributed by atoms with van der Waals surface area (Å²) in [7, 11) is -3.74. The van der Waals surface area contributed by atoms with Gasteiger partial charge < -0.3 is 9.64 Å². The molecule has 0 aromatic heterocycles. The summed E-state index contributed by atoms with van der Waals surface area (Å²) < 4.78 is 30.8. The van der Waals surface area contributed by atoms with Gasteiger partial charge in [0.25, 0.3) is 5.91 Å². The fourth-order valence-electron chi connectivity index (χ4n) is 4.71. The number of fused-ring (bicyclic) bond motifs is 1. The van der Waals surface area contributed by atoms with Gasteiger partial charge in [0, 0.05) is 31.7 Å². The average molecular weight is 448 g/mol. The van der Waals surface area contributed by atoms with Crippen molar-refractivity contribution in [1.29, 1.82) is 0 Å². The molecule has 0 N–H and O–H groups in total. The SMILES string of the molecule is CC(C)[C@H]1C(=O)N(S(C)(=O)=O)C2=CCN(C(=O)c3ccc(CN4CCOCC4)cc3)[C@@H]21. The highest BCUT2D eigenvalue weighted by Crippen LogP contribution is 2.41. The maximum Gasteiger partial charge on any atom is 0.254 e. The second kappa shape index (κ2) is 8.37. The summed E-state index contributed by atoms with van der Waals surface area (Å²) in [5, 5.41) is 0. The maximum absolute atomic E-state index is 13.3. The molecule has 31 heavy (non-hydrogen) atoms. The van der Waals surface area contributed by atoms with Crippen molar-refractivity contribution in [1.82, 2.24) is 14.1 Å². The number of benzene rings is 1. The summed E-state index contributed by atoms with van der Waals surface area (Å²) in [6.45, 7) is 8.13. The molecule has 9 heteroatoms. The third-order valence-corrected chi connectivity index (χ3v) is 7.27. The molecular formula is C22H29N3O5S. The number of amides is 2. The first-order chi connectivity index (χ1) is 14.7. The number of nitrogens with zero attached hydrogens (tertiary/aromatic N) is 3. The van der Waals surface area contributed by atoms with E-state index in [0.29, 0.717) is 11.3 Å². The van der Waals surface area contributed by atoms with Crippen LogP contribution in [0.3, 0.4) is 0 Å². The lowest BCUT2D eigenvalue weighted by Crippen LogP contribution is -2.43. The van der Waals surface area contributed by atoms with E-state index in [-0.39, 0.29) is 18.4 Å². The van der Waals surface area contributed by atoms with E-state index in [0.717, 1.165) is 49.0 Å². The molecule has 4 rings (SSSR count). The zero-order chi connectivity index (χ0) is 22.3. The molecule has 168 valence electrons. The van der Waals surface area contributed by atoms with E-state index < -0.39 is 27.9 Å². The highest BCUT2D eigenvalue weighted by Gasteiger charge is 2.54. The molecule has 8 nitrogen and oxygen atoms in total. The van der Waals surface area contributed by atoms with Crippen LogP contribution in [0.1, 0.15) is 29.8 Å². The van der Waals surface area contributed by atoms with Gasteiger partial charge in [0.15, 0.2) is 0 Å². The molecule has 0 radical (unpaired) electrons. The lowest BCUT2D eigenvalue weighted by Gasteiger charge is -2.29. The van der Waals surface area contributed by atoms with Gasteiger partial charge in [-0.1, -0.05) is 26.0 Å². The van der Waals surface area contributed by atoms with Gasteiger partial charge >= 0.3 is 0 Å². The summed E-state index contributed by atoms with van der Waals surface area (Å²) in [5.41, 5.74) is 2.06. The topological polar surface area (TPSA) is 87.2 Å². The van der Waals surface area contributed by atoms with Crippen LogP contribution in [0.2, 0.25) is 0 Å². The largest absolute Gasteiger partial charge is 0.379 e. The van der Waals surface area contributed by atoms with E-state index in [4.69, 9.17) is 4.74 Å². The van der Waals surface area contributed by atoms with Crippen molar-refractivity contribution in [3.05, 3.63) is 47.2 Å². The molecule has 2 fully saturated rings. The summed E-state index contributed by atoms with van der Waals surface area (Å²) in [6.07, 6.45) is 2.72. The quantitative estimate of drug-likeness (QED) is 0.676. The van der Waals surface area contributed by atoms with Crippen molar-refractivity contribution in [2.45, 2.75) is 26.4 Å². The van der Waals surface area contributed by atoms with Gasteiger partial charge in [-0.25, -0.2) is 12.7 Å². The Morgan fingerprint density at radius 3 is 2.39 bits per heavy atom. The van der Waals surface area contributed by atoms with Crippen molar-refractivity contribution in [3.63, 3.8) is 0 Å². The molecule has 2 atom stereocenters. The minimum absolute atomic E-state index is 0.100. The van der Waals surface area contributed by atoms with Gasteiger partial charge in [-0.15, -0.1) is 0 Å². The summed E-state index contributed by atoms with van der Waals surface area (Å²) in [5.74, 6) is -1.32. The van der Waals surface area contributed by atoms with Crippen LogP contribution in [-0.4, -0.2) is 79.5 Å². The van der Waals surface area contributed by atoms with E-state index in [1.165, 1.54) is 0 Å². The number of rotatable bonds is 5. The van der Waals surface area contributed by atoms with Gasteiger partial charge in [-0.3, -0.25) is 14.5 Å². The van der Waals surface area contributed by atoms with E-state index >= 15 is 0 Å². The Labute approximate surface area is 183 Å². The summed E-state index contributed by atoms with van der Waals surface area (Å²) in [6, 6.07) is 6.98. The number of ether oxygens (including phenoxy) is 1. The Kier molecular flexibility index (Phi) is 5.93.